The Balaban J connectivity index is 1.37. The highest BCUT2D eigenvalue weighted by Crippen LogP contribution is 2.24. The van der Waals surface area contributed by atoms with Crippen LogP contribution in [-0.2, 0) is 31.9 Å². The predicted octanol–water partition coefficient (Wildman–Crippen LogP) is 3.78. The van der Waals surface area contributed by atoms with Crippen LogP contribution in [0.1, 0.15) is 43.2 Å². The number of aliphatic carboxylic acids is 1. The summed E-state index contributed by atoms with van der Waals surface area (Å²) >= 11 is 0. The van der Waals surface area contributed by atoms with E-state index in [1.807, 2.05) is 30.3 Å². The molecule has 0 aromatic heterocycles. The number of likely N-dealkylation sites (tertiary alicyclic amines) is 1. The lowest BCUT2D eigenvalue weighted by Crippen LogP contribution is -2.41. The van der Waals surface area contributed by atoms with Crippen molar-refractivity contribution in [2.75, 3.05) is 13.1 Å². The fourth-order valence-electron chi connectivity index (χ4n) is 4.11. The van der Waals surface area contributed by atoms with Crippen LogP contribution in [0.3, 0.4) is 0 Å². The van der Waals surface area contributed by atoms with Crippen molar-refractivity contribution in [3.05, 3.63) is 71.8 Å². The molecule has 1 heterocycles. The first-order valence-electron chi connectivity index (χ1n) is 11.5. The van der Waals surface area contributed by atoms with Crippen LogP contribution in [-0.4, -0.2) is 49.6 Å². The summed E-state index contributed by atoms with van der Waals surface area (Å²) < 4.78 is 32.5. The van der Waals surface area contributed by atoms with Gasteiger partial charge in [-0.2, -0.15) is 0 Å². The van der Waals surface area contributed by atoms with Crippen LogP contribution < -0.4 is 4.72 Å². The molecule has 0 radical (unpaired) electrons. The number of piperidine rings is 1. The molecule has 8 nitrogen and oxygen atoms in total. The SMILES string of the molecule is O=C(O)[C@@H](CCCC1CCN(C(=O)OCc2ccccc2)CC1)NS(=O)(=O)Cc1ccccc1. The molecule has 0 bridgehead atoms. The van der Waals surface area contributed by atoms with E-state index in [0.29, 0.717) is 31.0 Å². The van der Waals surface area contributed by atoms with E-state index in [-0.39, 0.29) is 24.9 Å². The number of benzene rings is 2. The van der Waals surface area contributed by atoms with Crippen molar-refractivity contribution in [2.45, 2.75) is 50.5 Å². The van der Waals surface area contributed by atoms with Gasteiger partial charge >= 0.3 is 12.1 Å². The Morgan fingerprint density at radius 1 is 1.00 bits per heavy atom. The van der Waals surface area contributed by atoms with Crippen molar-refractivity contribution in [1.29, 1.82) is 0 Å². The minimum absolute atomic E-state index is 0.225. The van der Waals surface area contributed by atoms with Crippen molar-refractivity contribution < 1.29 is 27.9 Å². The van der Waals surface area contributed by atoms with Gasteiger partial charge in [0.25, 0.3) is 0 Å². The molecule has 2 aromatic carbocycles. The molecule has 0 saturated carbocycles. The molecule has 1 aliphatic rings. The lowest BCUT2D eigenvalue weighted by Gasteiger charge is -2.31. The molecule has 1 saturated heterocycles. The third kappa shape index (κ3) is 8.46. The molecule has 0 aliphatic carbocycles. The van der Waals surface area contributed by atoms with Gasteiger partial charge < -0.3 is 14.7 Å². The van der Waals surface area contributed by atoms with E-state index in [9.17, 15) is 23.1 Å². The van der Waals surface area contributed by atoms with Gasteiger partial charge in [0.1, 0.15) is 12.6 Å². The number of carbonyl (C=O) groups excluding carboxylic acids is 1. The normalized spacial score (nSPS) is 15.6. The summed E-state index contributed by atoms with van der Waals surface area (Å²) in [6.45, 7) is 1.45. The predicted molar refractivity (Wildman–Crippen MR) is 128 cm³/mol. The van der Waals surface area contributed by atoms with Crippen LogP contribution in [0.25, 0.3) is 0 Å². The zero-order chi connectivity index (χ0) is 24.4. The number of carbonyl (C=O) groups is 2. The van der Waals surface area contributed by atoms with Gasteiger partial charge in [0.2, 0.25) is 10.0 Å². The highest BCUT2D eigenvalue weighted by Gasteiger charge is 2.26. The van der Waals surface area contributed by atoms with Crippen molar-refractivity contribution >= 4 is 22.1 Å². The molecule has 1 aliphatic heterocycles. The molecule has 34 heavy (non-hydrogen) atoms. The molecule has 184 valence electrons. The molecular weight excluding hydrogens is 456 g/mol. The molecular formula is C25H32N2O6S. The second kappa shape index (κ2) is 12.5. The van der Waals surface area contributed by atoms with Crippen LogP contribution in [0.5, 0.6) is 0 Å². The molecule has 2 N–H and O–H groups in total. The van der Waals surface area contributed by atoms with E-state index in [0.717, 1.165) is 24.8 Å². The molecule has 2 aromatic rings. The first-order valence-corrected chi connectivity index (χ1v) is 13.2. The fourth-order valence-corrected chi connectivity index (χ4v) is 5.48. The lowest BCUT2D eigenvalue weighted by atomic mass is 9.91. The number of sulfonamides is 1. The summed E-state index contributed by atoms with van der Waals surface area (Å²) in [6.07, 6.45) is 2.92. The summed E-state index contributed by atoms with van der Waals surface area (Å²) in [7, 11) is -3.77. The minimum Gasteiger partial charge on any atom is -0.480 e. The van der Waals surface area contributed by atoms with E-state index in [1.165, 1.54) is 0 Å². The summed E-state index contributed by atoms with van der Waals surface area (Å²) in [6, 6.07) is 17.0. The monoisotopic (exact) mass is 488 g/mol. The van der Waals surface area contributed by atoms with Gasteiger partial charge in [-0.3, -0.25) is 4.79 Å². The molecule has 1 amide bonds. The van der Waals surface area contributed by atoms with E-state index < -0.39 is 22.0 Å². The zero-order valence-corrected chi connectivity index (χ0v) is 20.0. The van der Waals surface area contributed by atoms with Crippen LogP contribution in [0, 0.1) is 5.92 Å². The number of nitrogens with zero attached hydrogens (tertiary/aromatic N) is 1. The van der Waals surface area contributed by atoms with Gasteiger partial charge in [0, 0.05) is 13.1 Å². The van der Waals surface area contributed by atoms with Gasteiger partial charge in [0.05, 0.1) is 5.75 Å². The van der Waals surface area contributed by atoms with E-state index >= 15 is 0 Å². The van der Waals surface area contributed by atoms with Crippen LogP contribution in [0.15, 0.2) is 60.7 Å². The standard InChI is InChI=1S/C25H32N2O6S/c28-24(29)23(26-34(31,32)19-22-10-5-2-6-11-22)13-7-12-20-14-16-27(17-15-20)25(30)33-18-21-8-3-1-4-9-21/h1-6,8-11,20,23,26H,7,12-19H2,(H,28,29)/t23-/m1/s1. The third-order valence-corrected chi connectivity index (χ3v) is 7.36. The second-order valence-corrected chi connectivity index (χ2v) is 10.4. The summed E-state index contributed by atoms with van der Waals surface area (Å²) in [5, 5.41) is 9.48. The molecule has 0 spiro atoms. The number of carboxylic acid groups (broad SMARTS) is 1. The summed E-state index contributed by atoms with van der Waals surface area (Å²) in [5.74, 6) is -1.06. The quantitative estimate of drug-likeness (QED) is 0.498. The van der Waals surface area contributed by atoms with Crippen molar-refractivity contribution in [1.82, 2.24) is 9.62 Å². The highest BCUT2D eigenvalue weighted by atomic mass is 32.2. The molecule has 1 atom stereocenters. The van der Waals surface area contributed by atoms with Gasteiger partial charge in [-0.05, 0) is 36.3 Å². The largest absolute Gasteiger partial charge is 0.480 e. The van der Waals surface area contributed by atoms with Crippen LogP contribution in [0.4, 0.5) is 4.79 Å². The fraction of sp³-hybridized carbons (Fsp3) is 0.440. The number of ether oxygens (including phenoxy) is 1. The van der Waals surface area contributed by atoms with Crippen molar-refractivity contribution in [3.8, 4) is 0 Å². The lowest BCUT2D eigenvalue weighted by molar-refractivity contribution is -0.139. The van der Waals surface area contributed by atoms with Gasteiger partial charge in [-0.1, -0.05) is 73.5 Å². The Bertz CT molecular complexity index is 1020. The number of rotatable bonds is 11. The third-order valence-electron chi connectivity index (χ3n) is 6.00. The Labute approximate surface area is 201 Å². The molecule has 1 fully saturated rings. The average Bonchev–Trinajstić information content (AvgIpc) is 2.83. The van der Waals surface area contributed by atoms with E-state index in [2.05, 4.69) is 4.72 Å². The maximum absolute atomic E-state index is 12.4. The van der Waals surface area contributed by atoms with Crippen molar-refractivity contribution in [3.63, 3.8) is 0 Å². The number of hydrogen-bond acceptors (Lipinski definition) is 5. The number of nitrogens with one attached hydrogen (secondary N) is 1. The van der Waals surface area contributed by atoms with E-state index in [1.54, 1.807) is 35.2 Å². The Kier molecular flexibility index (Phi) is 9.47. The van der Waals surface area contributed by atoms with Crippen molar-refractivity contribution in [2.24, 2.45) is 5.92 Å². The van der Waals surface area contributed by atoms with Gasteiger partial charge in [0.15, 0.2) is 0 Å². The second-order valence-electron chi connectivity index (χ2n) is 8.65. The topological polar surface area (TPSA) is 113 Å². The Hall–Kier alpha value is -2.91. The number of carboxylic acids is 1. The first kappa shape index (κ1) is 25.7. The average molecular weight is 489 g/mol. The molecule has 0 unspecified atom stereocenters. The molecule has 3 rings (SSSR count). The van der Waals surface area contributed by atoms with E-state index in [4.69, 9.17) is 4.74 Å². The summed E-state index contributed by atoms with van der Waals surface area (Å²) in [4.78, 5) is 25.6. The zero-order valence-electron chi connectivity index (χ0n) is 19.1. The Morgan fingerprint density at radius 2 is 1.59 bits per heavy atom. The van der Waals surface area contributed by atoms with Gasteiger partial charge in [-0.25, -0.2) is 17.9 Å². The Morgan fingerprint density at radius 3 is 2.18 bits per heavy atom. The first-order chi connectivity index (χ1) is 16.3. The number of hydrogen-bond donors (Lipinski definition) is 2. The number of amides is 1. The maximum atomic E-state index is 12.4. The maximum Gasteiger partial charge on any atom is 0.410 e. The highest BCUT2D eigenvalue weighted by molar-refractivity contribution is 7.88. The van der Waals surface area contributed by atoms with Crippen LogP contribution in [0.2, 0.25) is 0 Å². The summed E-state index contributed by atoms with van der Waals surface area (Å²) in [5.41, 5.74) is 1.55. The smallest absolute Gasteiger partial charge is 0.410 e. The van der Waals surface area contributed by atoms with Gasteiger partial charge in [-0.15, -0.1) is 0 Å². The minimum atomic E-state index is -3.77. The molecule has 9 heteroatoms. The van der Waals surface area contributed by atoms with Crippen LogP contribution >= 0.6 is 0 Å².